The van der Waals surface area contributed by atoms with Gasteiger partial charge in [0, 0.05) is 25.0 Å². The average Bonchev–Trinajstić information content (AvgIpc) is 3.06. The first-order valence-electron chi connectivity index (χ1n) is 8.80. The van der Waals surface area contributed by atoms with Crippen LogP contribution in [0.2, 0.25) is 0 Å². The molecule has 0 aliphatic carbocycles. The van der Waals surface area contributed by atoms with Gasteiger partial charge in [-0.2, -0.15) is 0 Å². The fourth-order valence-corrected chi connectivity index (χ4v) is 3.54. The molecule has 1 atom stereocenters. The molecule has 1 fully saturated rings. The minimum atomic E-state index is -0.281. The highest BCUT2D eigenvalue weighted by Crippen LogP contribution is 2.25. The van der Waals surface area contributed by atoms with E-state index in [9.17, 15) is 9.90 Å². The molecule has 1 saturated heterocycles. The van der Waals surface area contributed by atoms with Gasteiger partial charge in [0.1, 0.15) is 0 Å². The Bertz CT molecular complexity index is 657. The van der Waals surface area contributed by atoms with Gasteiger partial charge in [0.15, 0.2) is 0 Å². The third-order valence-electron chi connectivity index (χ3n) is 5.13. The topological polar surface area (TPSA) is 56.3 Å². The minimum absolute atomic E-state index is 0.103. The molecule has 0 bridgehead atoms. The van der Waals surface area contributed by atoms with E-state index in [1.807, 2.05) is 42.3 Å². The van der Waals surface area contributed by atoms with Gasteiger partial charge in [-0.15, -0.1) is 0 Å². The lowest BCUT2D eigenvalue weighted by molar-refractivity contribution is 0.0436. The highest BCUT2D eigenvalue weighted by atomic mass is 16.3. The van der Waals surface area contributed by atoms with Crippen molar-refractivity contribution < 1.29 is 9.90 Å². The fourth-order valence-electron chi connectivity index (χ4n) is 3.54. The zero-order valence-electron chi connectivity index (χ0n) is 14.2. The molecule has 0 spiro atoms. The number of rotatable bonds is 5. The molecule has 4 nitrogen and oxygen atoms in total. The van der Waals surface area contributed by atoms with Crippen molar-refractivity contribution in [2.24, 2.45) is 5.92 Å². The number of nitrogens with one attached hydrogen (secondary N) is 1. The Kier molecular flexibility index (Phi) is 5.36. The van der Waals surface area contributed by atoms with E-state index in [-0.39, 0.29) is 12.0 Å². The monoisotopic (exact) mass is 326 g/mol. The second kappa shape index (κ2) is 7.67. The van der Waals surface area contributed by atoms with E-state index in [2.05, 4.69) is 17.1 Å². The third-order valence-corrected chi connectivity index (χ3v) is 5.13. The normalized spacial score (nSPS) is 17.0. The molecule has 0 saturated carbocycles. The maximum atomic E-state index is 12.5. The van der Waals surface area contributed by atoms with Crippen LogP contribution in [0.3, 0.4) is 0 Å². The van der Waals surface area contributed by atoms with Gasteiger partial charge in [0.2, 0.25) is 0 Å². The molecule has 3 rings (SSSR count). The Labute approximate surface area is 143 Å². The molecule has 4 heteroatoms. The number of aliphatic hydroxyl groups excluding tert-OH is 1. The largest absolute Gasteiger partial charge is 0.393 e. The number of aromatic amines is 1. The van der Waals surface area contributed by atoms with E-state index in [4.69, 9.17) is 0 Å². The van der Waals surface area contributed by atoms with Crippen LogP contribution in [0, 0.1) is 12.8 Å². The van der Waals surface area contributed by atoms with Crippen molar-refractivity contribution in [2.75, 3.05) is 13.1 Å². The molecule has 2 aromatic rings. The summed E-state index contributed by atoms with van der Waals surface area (Å²) in [6, 6.07) is 12.1. The Morgan fingerprint density at radius 3 is 2.58 bits per heavy atom. The molecule has 1 aliphatic rings. The van der Waals surface area contributed by atoms with Crippen LogP contribution < -0.4 is 0 Å². The van der Waals surface area contributed by atoms with Crippen molar-refractivity contribution in [3.05, 3.63) is 59.4 Å². The van der Waals surface area contributed by atoms with E-state index in [1.165, 1.54) is 5.56 Å². The van der Waals surface area contributed by atoms with Crippen molar-refractivity contribution >= 4 is 5.91 Å². The van der Waals surface area contributed by atoms with Gasteiger partial charge >= 0.3 is 0 Å². The van der Waals surface area contributed by atoms with Gasteiger partial charge in [0.25, 0.3) is 5.91 Å². The van der Waals surface area contributed by atoms with Gasteiger partial charge in [-0.1, -0.05) is 30.3 Å². The van der Waals surface area contributed by atoms with E-state index in [1.54, 1.807) is 0 Å². The van der Waals surface area contributed by atoms with Crippen LogP contribution in [-0.4, -0.2) is 40.1 Å². The first kappa shape index (κ1) is 16.8. The highest BCUT2D eigenvalue weighted by Gasteiger charge is 2.28. The quantitative estimate of drug-likeness (QED) is 0.887. The number of likely N-dealkylation sites (tertiary alicyclic amines) is 1. The molecule has 2 heterocycles. The molecule has 1 aromatic carbocycles. The summed E-state index contributed by atoms with van der Waals surface area (Å²) in [7, 11) is 0. The number of piperidine rings is 1. The number of carbonyl (C=O) groups is 1. The van der Waals surface area contributed by atoms with Crippen molar-refractivity contribution in [1.82, 2.24) is 9.88 Å². The lowest BCUT2D eigenvalue weighted by Gasteiger charge is -2.34. The summed E-state index contributed by atoms with van der Waals surface area (Å²) < 4.78 is 0. The Balaban J connectivity index is 1.48. The molecule has 1 aromatic heterocycles. The highest BCUT2D eigenvalue weighted by molar-refractivity contribution is 5.95. The summed E-state index contributed by atoms with van der Waals surface area (Å²) >= 11 is 0. The molecule has 2 N–H and O–H groups in total. The van der Waals surface area contributed by atoms with Crippen LogP contribution in [0.25, 0.3) is 0 Å². The summed E-state index contributed by atoms with van der Waals surface area (Å²) in [5.74, 6) is 0.399. The molecule has 1 amide bonds. The zero-order valence-corrected chi connectivity index (χ0v) is 14.2. The number of aliphatic hydroxyl groups is 1. The number of nitrogens with zero attached hydrogens (tertiary/aromatic N) is 1. The van der Waals surface area contributed by atoms with Gasteiger partial charge in [-0.25, -0.2) is 0 Å². The van der Waals surface area contributed by atoms with Crippen LogP contribution in [0.15, 0.2) is 42.6 Å². The summed E-state index contributed by atoms with van der Waals surface area (Å²) in [5, 5.41) is 10.5. The number of H-pyrrole nitrogens is 1. The van der Waals surface area contributed by atoms with Crippen LogP contribution in [0.4, 0.5) is 0 Å². The van der Waals surface area contributed by atoms with Crippen LogP contribution in [0.5, 0.6) is 0 Å². The van der Waals surface area contributed by atoms with E-state index >= 15 is 0 Å². The number of benzene rings is 1. The van der Waals surface area contributed by atoms with Crippen LogP contribution >= 0.6 is 0 Å². The molecule has 128 valence electrons. The Morgan fingerprint density at radius 2 is 1.96 bits per heavy atom. The maximum Gasteiger partial charge on any atom is 0.255 e. The Hall–Kier alpha value is -2.07. The molecular weight excluding hydrogens is 300 g/mol. The summed E-state index contributed by atoms with van der Waals surface area (Å²) in [4.78, 5) is 17.5. The number of hydrogen-bond acceptors (Lipinski definition) is 2. The molecule has 0 radical (unpaired) electrons. The summed E-state index contributed by atoms with van der Waals surface area (Å²) in [6.07, 6.45) is 4.99. The average molecular weight is 326 g/mol. The molecule has 1 unspecified atom stereocenters. The number of amides is 1. The first-order chi connectivity index (χ1) is 11.6. The van der Waals surface area contributed by atoms with Crippen molar-refractivity contribution in [1.29, 1.82) is 0 Å². The van der Waals surface area contributed by atoms with Crippen molar-refractivity contribution in [2.45, 2.75) is 38.7 Å². The predicted octanol–water partition coefficient (Wildman–Crippen LogP) is 3.17. The summed E-state index contributed by atoms with van der Waals surface area (Å²) in [5.41, 5.74) is 2.95. The van der Waals surface area contributed by atoms with Gasteiger partial charge < -0.3 is 15.0 Å². The zero-order chi connectivity index (χ0) is 16.9. The standard InChI is InChI=1S/C20H26N2O2/c1-15-18(9-12-21-15)20(24)22-13-10-17(11-14-22)19(23)8-7-16-5-3-2-4-6-16/h2-6,9,12,17,19,21,23H,7-8,10-11,13-14H2,1H3. The van der Waals surface area contributed by atoms with Crippen LogP contribution in [-0.2, 0) is 6.42 Å². The second-order valence-electron chi connectivity index (χ2n) is 6.74. The molecular formula is C20H26N2O2. The maximum absolute atomic E-state index is 12.5. The lowest BCUT2D eigenvalue weighted by atomic mass is 9.88. The van der Waals surface area contributed by atoms with Gasteiger partial charge in [0.05, 0.1) is 11.7 Å². The van der Waals surface area contributed by atoms with Gasteiger partial charge in [-0.3, -0.25) is 4.79 Å². The summed E-state index contributed by atoms with van der Waals surface area (Å²) in [6.45, 7) is 3.39. The number of hydrogen-bond donors (Lipinski definition) is 2. The van der Waals surface area contributed by atoms with E-state index < -0.39 is 0 Å². The van der Waals surface area contributed by atoms with E-state index in [0.717, 1.165) is 50.0 Å². The number of aromatic nitrogens is 1. The lowest BCUT2D eigenvalue weighted by Crippen LogP contribution is -2.41. The van der Waals surface area contributed by atoms with E-state index in [0.29, 0.717) is 5.92 Å². The fraction of sp³-hybridized carbons (Fsp3) is 0.450. The number of aryl methyl sites for hydroxylation is 2. The number of carbonyl (C=O) groups excluding carboxylic acids is 1. The molecule has 24 heavy (non-hydrogen) atoms. The van der Waals surface area contributed by atoms with Gasteiger partial charge in [-0.05, 0) is 50.2 Å². The minimum Gasteiger partial charge on any atom is -0.393 e. The third kappa shape index (κ3) is 3.88. The predicted molar refractivity (Wildman–Crippen MR) is 94.9 cm³/mol. The van der Waals surface area contributed by atoms with Crippen LogP contribution in [0.1, 0.15) is 40.9 Å². The molecule has 1 aliphatic heterocycles. The Morgan fingerprint density at radius 1 is 1.25 bits per heavy atom. The van der Waals surface area contributed by atoms with Crippen molar-refractivity contribution in [3.63, 3.8) is 0 Å². The van der Waals surface area contributed by atoms with Crippen molar-refractivity contribution in [3.8, 4) is 0 Å². The second-order valence-corrected chi connectivity index (χ2v) is 6.74. The first-order valence-corrected chi connectivity index (χ1v) is 8.80. The SMILES string of the molecule is Cc1[nH]ccc1C(=O)N1CCC(C(O)CCc2ccccc2)CC1. The smallest absolute Gasteiger partial charge is 0.255 e.